The standard InChI is InChI=1S/C9H9N3O2/c1-14-9(13)3-7-2-8-4-10-6-11-12(8)5-7/h2,4-6H,3H2,1H3. The van der Waals surface area contributed by atoms with Crippen molar-refractivity contribution in [1.82, 2.24) is 14.6 Å². The van der Waals surface area contributed by atoms with Crippen molar-refractivity contribution in [3.05, 3.63) is 30.4 Å². The van der Waals surface area contributed by atoms with Gasteiger partial charge in [-0.15, -0.1) is 0 Å². The second-order valence-electron chi connectivity index (χ2n) is 2.88. The molecule has 0 N–H and O–H groups in total. The monoisotopic (exact) mass is 191 g/mol. The molecule has 0 amide bonds. The first-order chi connectivity index (χ1) is 6.79. The van der Waals surface area contributed by atoms with Crippen LogP contribution in [0.2, 0.25) is 0 Å². The molecule has 2 aromatic heterocycles. The number of hydrogen-bond donors (Lipinski definition) is 0. The van der Waals surface area contributed by atoms with Crippen LogP contribution in [0.4, 0.5) is 0 Å². The number of rotatable bonds is 2. The van der Waals surface area contributed by atoms with Gasteiger partial charge in [-0.3, -0.25) is 4.79 Å². The molecular weight excluding hydrogens is 182 g/mol. The SMILES string of the molecule is COC(=O)Cc1cc2cncnn2c1. The molecule has 0 atom stereocenters. The summed E-state index contributed by atoms with van der Waals surface area (Å²) in [5.41, 5.74) is 1.74. The molecule has 0 saturated carbocycles. The number of esters is 1. The molecule has 0 saturated heterocycles. The highest BCUT2D eigenvalue weighted by Crippen LogP contribution is 2.07. The lowest BCUT2D eigenvalue weighted by atomic mass is 10.2. The predicted molar refractivity (Wildman–Crippen MR) is 48.7 cm³/mol. The summed E-state index contributed by atoms with van der Waals surface area (Å²) in [5, 5.41) is 3.99. The van der Waals surface area contributed by atoms with Crippen LogP contribution in [0.1, 0.15) is 5.56 Å². The van der Waals surface area contributed by atoms with Crippen LogP contribution >= 0.6 is 0 Å². The number of aromatic nitrogens is 3. The van der Waals surface area contributed by atoms with Crippen LogP contribution in [0, 0.1) is 0 Å². The van der Waals surface area contributed by atoms with Crippen LogP contribution in [0.25, 0.3) is 5.52 Å². The van der Waals surface area contributed by atoms with Crippen molar-refractivity contribution in [2.24, 2.45) is 0 Å². The van der Waals surface area contributed by atoms with E-state index in [4.69, 9.17) is 0 Å². The number of methoxy groups -OCH3 is 1. The summed E-state index contributed by atoms with van der Waals surface area (Å²) in [6, 6.07) is 1.86. The minimum atomic E-state index is -0.256. The quantitative estimate of drug-likeness (QED) is 0.646. The largest absolute Gasteiger partial charge is 0.469 e. The molecule has 5 nitrogen and oxygen atoms in total. The maximum Gasteiger partial charge on any atom is 0.310 e. The van der Waals surface area contributed by atoms with Gasteiger partial charge in [-0.2, -0.15) is 5.10 Å². The molecule has 72 valence electrons. The Balaban J connectivity index is 2.31. The van der Waals surface area contributed by atoms with Crippen molar-refractivity contribution in [3.8, 4) is 0 Å². The highest BCUT2D eigenvalue weighted by molar-refractivity contribution is 5.73. The Morgan fingerprint density at radius 3 is 3.21 bits per heavy atom. The first kappa shape index (κ1) is 8.68. The molecule has 0 radical (unpaired) electrons. The van der Waals surface area contributed by atoms with E-state index in [0.717, 1.165) is 11.1 Å². The number of carbonyl (C=O) groups excluding carboxylic acids is 1. The minimum absolute atomic E-state index is 0.256. The molecule has 2 aromatic rings. The summed E-state index contributed by atoms with van der Waals surface area (Å²) in [5.74, 6) is -0.256. The molecule has 0 fully saturated rings. The predicted octanol–water partition coefficient (Wildman–Crippen LogP) is 0.445. The Hall–Kier alpha value is -1.91. The highest BCUT2D eigenvalue weighted by Gasteiger charge is 2.05. The molecule has 0 aromatic carbocycles. The fourth-order valence-electron chi connectivity index (χ4n) is 1.25. The van der Waals surface area contributed by atoms with Gasteiger partial charge in [-0.05, 0) is 11.6 Å². The van der Waals surface area contributed by atoms with Gasteiger partial charge in [0.25, 0.3) is 0 Å². The summed E-state index contributed by atoms with van der Waals surface area (Å²) in [4.78, 5) is 14.9. The Morgan fingerprint density at radius 2 is 2.50 bits per heavy atom. The fraction of sp³-hybridized carbons (Fsp3) is 0.222. The van der Waals surface area contributed by atoms with Crippen LogP contribution < -0.4 is 0 Å². The van der Waals surface area contributed by atoms with Crippen molar-refractivity contribution in [2.75, 3.05) is 7.11 Å². The number of carbonyl (C=O) groups is 1. The zero-order valence-electron chi connectivity index (χ0n) is 7.67. The van der Waals surface area contributed by atoms with E-state index in [1.54, 1.807) is 16.9 Å². The second-order valence-corrected chi connectivity index (χ2v) is 2.88. The van der Waals surface area contributed by atoms with Gasteiger partial charge in [0.1, 0.15) is 6.33 Å². The molecule has 0 aliphatic heterocycles. The third kappa shape index (κ3) is 1.56. The van der Waals surface area contributed by atoms with Gasteiger partial charge in [0.05, 0.1) is 25.2 Å². The Labute approximate surface area is 80.3 Å². The first-order valence-corrected chi connectivity index (χ1v) is 4.13. The third-order valence-electron chi connectivity index (χ3n) is 1.91. The van der Waals surface area contributed by atoms with Gasteiger partial charge < -0.3 is 4.74 Å². The summed E-state index contributed by atoms with van der Waals surface area (Å²) < 4.78 is 6.24. The van der Waals surface area contributed by atoms with Gasteiger partial charge in [0, 0.05) is 6.20 Å². The Kier molecular flexibility index (Phi) is 2.14. The minimum Gasteiger partial charge on any atom is -0.469 e. The van der Waals surface area contributed by atoms with Crippen LogP contribution in [-0.4, -0.2) is 27.7 Å². The number of fused-ring (bicyclic) bond motifs is 1. The lowest BCUT2D eigenvalue weighted by Gasteiger charge is -1.93. The second kappa shape index (κ2) is 3.45. The van der Waals surface area contributed by atoms with Gasteiger partial charge in [0.15, 0.2) is 0 Å². The summed E-state index contributed by atoms with van der Waals surface area (Å²) in [6.07, 6.45) is 5.19. The summed E-state index contributed by atoms with van der Waals surface area (Å²) in [6.45, 7) is 0. The maximum atomic E-state index is 11.0. The lowest BCUT2D eigenvalue weighted by molar-refractivity contribution is -0.139. The van der Waals surface area contributed by atoms with Crippen molar-refractivity contribution < 1.29 is 9.53 Å². The molecule has 0 unspecified atom stereocenters. The Bertz CT molecular complexity index is 431. The topological polar surface area (TPSA) is 56.5 Å². The molecular formula is C9H9N3O2. The molecule has 0 aliphatic carbocycles. The smallest absolute Gasteiger partial charge is 0.310 e. The van der Waals surface area contributed by atoms with E-state index in [2.05, 4.69) is 14.8 Å². The van der Waals surface area contributed by atoms with E-state index in [-0.39, 0.29) is 12.4 Å². The van der Waals surface area contributed by atoms with E-state index in [1.807, 2.05) is 6.07 Å². The number of hydrogen-bond acceptors (Lipinski definition) is 4. The first-order valence-electron chi connectivity index (χ1n) is 4.13. The lowest BCUT2D eigenvalue weighted by Crippen LogP contribution is -2.03. The van der Waals surface area contributed by atoms with Crippen molar-refractivity contribution in [2.45, 2.75) is 6.42 Å². The summed E-state index contributed by atoms with van der Waals surface area (Å²) >= 11 is 0. The average Bonchev–Trinajstić information content (AvgIpc) is 2.59. The highest BCUT2D eigenvalue weighted by atomic mass is 16.5. The zero-order chi connectivity index (χ0) is 9.97. The van der Waals surface area contributed by atoms with E-state index >= 15 is 0 Å². The van der Waals surface area contributed by atoms with Gasteiger partial charge in [-0.25, -0.2) is 9.50 Å². The molecule has 5 heteroatoms. The van der Waals surface area contributed by atoms with Crippen LogP contribution in [0.5, 0.6) is 0 Å². The van der Waals surface area contributed by atoms with Crippen molar-refractivity contribution in [1.29, 1.82) is 0 Å². The maximum absolute atomic E-state index is 11.0. The zero-order valence-corrected chi connectivity index (χ0v) is 7.67. The van der Waals surface area contributed by atoms with E-state index in [9.17, 15) is 4.79 Å². The van der Waals surface area contributed by atoms with Crippen LogP contribution in [0.15, 0.2) is 24.8 Å². The van der Waals surface area contributed by atoms with E-state index in [1.165, 1.54) is 13.4 Å². The van der Waals surface area contributed by atoms with Gasteiger partial charge in [-0.1, -0.05) is 0 Å². The van der Waals surface area contributed by atoms with Crippen molar-refractivity contribution >= 4 is 11.5 Å². The van der Waals surface area contributed by atoms with Crippen LogP contribution in [-0.2, 0) is 16.0 Å². The molecule has 2 rings (SSSR count). The van der Waals surface area contributed by atoms with Crippen molar-refractivity contribution in [3.63, 3.8) is 0 Å². The number of nitrogens with zero attached hydrogens (tertiary/aromatic N) is 3. The molecule has 0 bridgehead atoms. The molecule has 2 heterocycles. The average molecular weight is 191 g/mol. The fourth-order valence-corrected chi connectivity index (χ4v) is 1.25. The molecule has 0 aliphatic rings. The summed E-state index contributed by atoms with van der Waals surface area (Å²) in [7, 11) is 1.37. The molecule has 14 heavy (non-hydrogen) atoms. The van der Waals surface area contributed by atoms with Gasteiger partial charge in [0.2, 0.25) is 0 Å². The normalized spacial score (nSPS) is 10.4. The third-order valence-corrected chi connectivity index (χ3v) is 1.91. The van der Waals surface area contributed by atoms with Gasteiger partial charge >= 0.3 is 5.97 Å². The van der Waals surface area contributed by atoms with Crippen LogP contribution in [0.3, 0.4) is 0 Å². The number of ether oxygens (including phenoxy) is 1. The van der Waals surface area contributed by atoms with E-state index < -0.39 is 0 Å². The molecule has 0 spiro atoms. The van der Waals surface area contributed by atoms with E-state index in [0.29, 0.717) is 0 Å². The Morgan fingerprint density at radius 1 is 1.64 bits per heavy atom.